The Bertz CT molecular complexity index is 389. The van der Waals surface area contributed by atoms with E-state index in [9.17, 15) is 0 Å². The predicted octanol–water partition coefficient (Wildman–Crippen LogP) is 2.74. The Hall–Kier alpha value is -1.09. The largest absolute Gasteiger partial charge is 0.354 e. The zero-order valence-corrected chi connectivity index (χ0v) is 11.9. The highest BCUT2D eigenvalue weighted by Gasteiger charge is 2.24. The van der Waals surface area contributed by atoms with Gasteiger partial charge in [-0.15, -0.1) is 0 Å². The second-order valence-corrected chi connectivity index (χ2v) is 5.11. The van der Waals surface area contributed by atoms with Crippen LogP contribution in [0, 0.1) is 0 Å². The SMILES string of the molecule is CCc1cc(CNC)cc(N2CCCC2CC)n1. The summed E-state index contributed by atoms with van der Waals surface area (Å²) in [5, 5.41) is 3.23. The Morgan fingerprint density at radius 3 is 2.89 bits per heavy atom. The van der Waals surface area contributed by atoms with Gasteiger partial charge in [-0.3, -0.25) is 0 Å². The number of anilines is 1. The first kappa shape index (κ1) is 13.3. The van der Waals surface area contributed by atoms with Gasteiger partial charge in [0.25, 0.3) is 0 Å². The van der Waals surface area contributed by atoms with Crippen LogP contribution in [0.2, 0.25) is 0 Å². The van der Waals surface area contributed by atoms with Crippen molar-refractivity contribution in [2.24, 2.45) is 0 Å². The molecule has 1 aromatic rings. The van der Waals surface area contributed by atoms with Crippen molar-refractivity contribution < 1.29 is 0 Å². The van der Waals surface area contributed by atoms with Crippen LogP contribution in [-0.4, -0.2) is 24.6 Å². The lowest BCUT2D eigenvalue weighted by molar-refractivity contribution is 0.639. The molecule has 3 heteroatoms. The van der Waals surface area contributed by atoms with Crippen molar-refractivity contribution in [1.29, 1.82) is 0 Å². The van der Waals surface area contributed by atoms with Crippen molar-refractivity contribution >= 4 is 5.82 Å². The van der Waals surface area contributed by atoms with Gasteiger partial charge in [0, 0.05) is 24.8 Å². The first-order chi connectivity index (χ1) is 8.78. The molecule has 0 amide bonds. The number of nitrogens with zero attached hydrogens (tertiary/aromatic N) is 2. The average Bonchev–Trinajstić information content (AvgIpc) is 2.87. The fourth-order valence-electron chi connectivity index (χ4n) is 2.83. The molecule has 0 spiro atoms. The van der Waals surface area contributed by atoms with E-state index >= 15 is 0 Å². The predicted molar refractivity (Wildman–Crippen MR) is 77.0 cm³/mol. The lowest BCUT2D eigenvalue weighted by Crippen LogP contribution is -2.29. The van der Waals surface area contributed by atoms with Crippen molar-refractivity contribution in [1.82, 2.24) is 10.3 Å². The van der Waals surface area contributed by atoms with Crippen molar-refractivity contribution in [3.63, 3.8) is 0 Å². The highest BCUT2D eigenvalue weighted by Crippen LogP contribution is 2.26. The highest BCUT2D eigenvalue weighted by molar-refractivity contribution is 5.45. The summed E-state index contributed by atoms with van der Waals surface area (Å²) in [7, 11) is 2.00. The third-order valence-corrected chi connectivity index (χ3v) is 3.81. The number of hydrogen-bond acceptors (Lipinski definition) is 3. The summed E-state index contributed by atoms with van der Waals surface area (Å²) in [4.78, 5) is 7.31. The van der Waals surface area contributed by atoms with Crippen molar-refractivity contribution in [2.75, 3.05) is 18.5 Å². The molecule has 2 heterocycles. The molecule has 18 heavy (non-hydrogen) atoms. The minimum Gasteiger partial charge on any atom is -0.354 e. The molecule has 0 saturated carbocycles. The zero-order valence-electron chi connectivity index (χ0n) is 11.9. The third kappa shape index (κ3) is 2.83. The number of pyridine rings is 1. The first-order valence-electron chi connectivity index (χ1n) is 7.19. The van der Waals surface area contributed by atoms with E-state index in [0.29, 0.717) is 6.04 Å². The quantitative estimate of drug-likeness (QED) is 0.867. The van der Waals surface area contributed by atoms with Crippen LogP contribution in [0.15, 0.2) is 12.1 Å². The van der Waals surface area contributed by atoms with Gasteiger partial charge < -0.3 is 10.2 Å². The Labute approximate surface area is 111 Å². The lowest BCUT2D eigenvalue weighted by Gasteiger charge is -2.25. The van der Waals surface area contributed by atoms with Gasteiger partial charge >= 0.3 is 0 Å². The minimum atomic E-state index is 0.687. The molecule has 1 unspecified atom stereocenters. The van der Waals surface area contributed by atoms with Crippen LogP contribution in [0.4, 0.5) is 5.82 Å². The van der Waals surface area contributed by atoms with Gasteiger partial charge in [-0.05, 0) is 50.4 Å². The van der Waals surface area contributed by atoms with Gasteiger partial charge in [0.05, 0.1) is 0 Å². The van der Waals surface area contributed by atoms with Crippen molar-refractivity contribution in [3.05, 3.63) is 23.4 Å². The van der Waals surface area contributed by atoms with Crippen LogP contribution in [0.25, 0.3) is 0 Å². The Balaban J connectivity index is 2.27. The normalized spacial score (nSPS) is 19.5. The van der Waals surface area contributed by atoms with E-state index in [1.165, 1.54) is 36.3 Å². The van der Waals surface area contributed by atoms with Gasteiger partial charge in [0.15, 0.2) is 0 Å². The van der Waals surface area contributed by atoms with Gasteiger partial charge in [0.2, 0.25) is 0 Å². The molecule has 1 atom stereocenters. The standard InChI is InChI=1S/C15H25N3/c1-4-13-9-12(11-16-3)10-15(17-13)18-8-6-7-14(18)5-2/h9-10,14,16H,4-8,11H2,1-3H3. The Kier molecular flexibility index (Phi) is 4.59. The summed E-state index contributed by atoms with van der Waals surface area (Å²) in [5.74, 6) is 1.18. The van der Waals surface area contributed by atoms with E-state index in [-0.39, 0.29) is 0 Å². The van der Waals surface area contributed by atoms with Crippen LogP contribution in [0.1, 0.15) is 44.4 Å². The van der Waals surface area contributed by atoms with E-state index < -0.39 is 0 Å². The monoisotopic (exact) mass is 247 g/mol. The fraction of sp³-hybridized carbons (Fsp3) is 0.667. The van der Waals surface area contributed by atoms with Crippen LogP contribution in [-0.2, 0) is 13.0 Å². The number of nitrogens with one attached hydrogen (secondary N) is 1. The average molecular weight is 247 g/mol. The Morgan fingerprint density at radius 2 is 2.22 bits per heavy atom. The van der Waals surface area contributed by atoms with Crippen LogP contribution in [0.3, 0.4) is 0 Å². The van der Waals surface area contributed by atoms with E-state index in [1.54, 1.807) is 0 Å². The molecular formula is C15H25N3. The first-order valence-corrected chi connectivity index (χ1v) is 7.19. The van der Waals surface area contributed by atoms with E-state index in [2.05, 4.69) is 36.2 Å². The van der Waals surface area contributed by atoms with E-state index in [0.717, 1.165) is 19.5 Å². The smallest absolute Gasteiger partial charge is 0.129 e. The van der Waals surface area contributed by atoms with Crippen LogP contribution in [0.5, 0.6) is 0 Å². The summed E-state index contributed by atoms with van der Waals surface area (Å²) in [5.41, 5.74) is 2.56. The van der Waals surface area contributed by atoms with Gasteiger partial charge in [-0.2, -0.15) is 0 Å². The zero-order chi connectivity index (χ0) is 13.0. The number of hydrogen-bond donors (Lipinski definition) is 1. The Morgan fingerprint density at radius 1 is 1.39 bits per heavy atom. The maximum absolute atomic E-state index is 4.81. The molecular weight excluding hydrogens is 222 g/mol. The second-order valence-electron chi connectivity index (χ2n) is 5.11. The molecule has 1 aliphatic heterocycles. The summed E-state index contributed by atoms with van der Waals surface area (Å²) in [6, 6.07) is 5.16. The van der Waals surface area contributed by atoms with E-state index in [1.807, 2.05) is 7.05 Å². The highest BCUT2D eigenvalue weighted by atomic mass is 15.2. The van der Waals surface area contributed by atoms with Gasteiger partial charge in [0.1, 0.15) is 5.82 Å². The summed E-state index contributed by atoms with van der Waals surface area (Å²) in [6.07, 6.45) is 4.85. The van der Waals surface area contributed by atoms with E-state index in [4.69, 9.17) is 4.98 Å². The molecule has 1 fully saturated rings. The number of aryl methyl sites for hydroxylation is 1. The van der Waals surface area contributed by atoms with Gasteiger partial charge in [-0.25, -0.2) is 4.98 Å². The molecule has 0 aromatic carbocycles. The third-order valence-electron chi connectivity index (χ3n) is 3.81. The molecule has 100 valence electrons. The van der Waals surface area contributed by atoms with Crippen molar-refractivity contribution in [3.8, 4) is 0 Å². The van der Waals surface area contributed by atoms with Crippen LogP contribution >= 0.6 is 0 Å². The maximum atomic E-state index is 4.81. The molecule has 2 rings (SSSR count). The number of rotatable bonds is 5. The van der Waals surface area contributed by atoms with Crippen molar-refractivity contribution in [2.45, 2.75) is 52.1 Å². The molecule has 0 radical (unpaired) electrons. The number of aromatic nitrogens is 1. The molecule has 1 aromatic heterocycles. The maximum Gasteiger partial charge on any atom is 0.129 e. The molecule has 3 nitrogen and oxygen atoms in total. The summed E-state index contributed by atoms with van der Waals surface area (Å²) in [6.45, 7) is 6.54. The molecule has 1 aliphatic rings. The summed E-state index contributed by atoms with van der Waals surface area (Å²) < 4.78 is 0. The second kappa shape index (κ2) is 6.19. The molecule has 1 N–H and O–H groups in total. The molecule has 0 aliphatic carbocycles. The fourth-order valence-corrected chi connectivity index (χ4v) is 2.83. The summed E-state index contributed by atoms with van der Waals surface area (Å²) >= 11 is 0. The molecule has 0 bridgehead atoms. The van der Waals surface area contributed by atoms with Gasteiger partial charge in [-0.1, -0.05) is 13.8 Å². The molecule has 1 saturated heterocycles. The minimum absolute atomic E-state index is 0.687. The topological polar surface area (TPSA) is 28.2 Å². The van der Waals surface area contributed by atoms with Crippen LogP contribution < -0.4 is 10.2 Å². The lowest BCUT2D eigenvalue weighted by atomic mass is 10.1.